The molecule has 4 heteroatoms. The second-order valence-electron chi connectivity index (χ2n) is 4.33. The molecular weight excluding hydrogens is 224 g/mol. The first kappa shape index (κ1) is 12.4. The summed E-state index contributed by atoms with van der Waals surface area (Å²) in [6.07, 6.45) is 1.82. The van der Waals surface area contributed by atoms with Gasteiger partial charge in [-0.05, 0) is 12.1 Å². The lowest BCUT2D eigenvalue weighted by Gasteiger charge is -2.26. The molecule has 0 spiro atoms. The van der Waals surface area contributed by atoms with Gasteiger partial charge in [0.25, 0.3) is 0 Å². The van der Waals surface area contributed by atoms with Crippen LogP contribution >= 0.6 is 0 Å². The van der Waals surface area contributed by atoms with Crippen LogP contribution in [0.2, 0.25) is 0 Å². The van der Waals surface area contributed by atoms with Gasteiger partial charge in [0, 0.05) is 39.8 Å². The first-order chi connectivity index (χ1) is 8.65. The number of hydrogen-bond acceptors (Lipinski definition) is 2. The summed E-state index contributed by atoms with van der Waals surface area (Å²) in [5.74, 6) is 0.896. The Balaban J connectivity index is 2.54. The molecule has 0 saturated heterocycles. The Morgan fingerprint density at radius 2 is 1.83 bits per heavy atom. The number of para-hydroxylation sites is 1. The summed E-state index contributed by atoms with van der Waals surface area (Å²) >= 11 is 0. The number of aromatic nitrogens is 1. The molecule has 0 fully saturated rings. The standard InChI is InChI=1S/C14H18N4/c1-15-14(17(2)3)18(4)12-9-5-7-11-8-6-10-16-13(11)12/h5-10H,1-4H3. The van der Waals surface area contributed by atoms with Gasteiger partial charge in [-0.25, -0.2) is 0 Å². The van der Waals surface area contributed by atoms with Crippen LogP contribution in [0.1, 0.15) is 0 Å². The number of guanidine groups is 1. The predicted molar refractivity (Wildman–Crippen MR) is 77.2 cm³/mol. The molecule has 0 aliphatic heterocycles. The van der Waals surface area contributed by atoms with Gasteiger partial charge in [-0.3, -0.25) is 9.98 Å². The first-order valence-corrected chi connectivity index (χ1v) is 5.86. The van der Waals surface area contributed by atoms with E-state index in [0.717, 1.165) is 22.5 Å². The van der Waals surface area contributed by atoms with Gasteiger partial charge < -0.3 is 9.80 Å². The average molecular weight is 242 g/mol. The number of aliphatic imine (C=N–C) groups is 1. The Morgan fingerprint density at radius 1 is 1.11 bits per heavy atom. The van der Waals surface area contributed by atoms with Gasteiger partial charge in [0.2, 0.25) is 0 Å². The SMILES string of the molecule is CN=C(N(C)C)N(C)c1cccc2cccnc12. The quantitative estimate of drug-likeness (QED) is 0.567. The third-order valence-corrected chi connectivity index (χ3v) is 2.87. The molecular formula is C14H18N4. The zero-order chi connectivity index (χ0) is 13.1. The molecule has 4 nitrogen and oxygen atoms in total. The number of benzene rings is 1. The van der Waals surface area contributed by atoms with E-state index in [1.807, 2.05) is 44.4 Å². The molecule has 1 heterocycles. The van der Waals surface area contributed by atoms with Crippen LogP contribution < -0.4 is 4.90 Å². The highest BCUT2D eigenvalue weighted by atomic mass is 15.3. The van der Waals surface area contributed by atoms with Gasteiger partial charge in [0.05, 0.1) is 11.2 Å². The Kier molecular flexibility index (Phi) is 3.46. The molecule has 0 bridgehead atoms. The van der Waals surface area contributed by atoms with Crippen molar-refractivity contribution in [2.24, 2.45) is 4.99 Å². The summed E-state index contributed by atoms with van der Waals surface area (Å²) in [7, 11) is 7.77. The van der Waals surface area contributed by atoms with Crippen molar-refractivity contribution in [2.75, 3.05) is 33.1 Å². The van der Waals surface area contributed by atoms with Crippen LogP contribution in [0.5, 0.6) is 0 Å². The van der Waals surface area contributed by atoms with Gasteiger partial charge in [0.1, 0.15) is 0 Å². The average Bonchev–Trinajstić information content (AvgIpc) is 2.38. The fraction of sp³-hybridized carbons (Fsp3) is 0.286. The second kappa shape index (κ2) is 5.04. The molecule has 2 aromatic rings. The number of fused-ring (bicyclic) bond motifs is 1. The van der Waals surface area contributed by atoms with Crippen LogP contribution in [-0.2, 0) is 0 Å². The van der Waals surface area contributed by atoms with Crippen molar-refractivity contribution in [3.8, 4) is 0 Å². The topological polar surface area (TPSA) is 31.7 Å². The predicted octanol–water partition coefficient (Wildman–Crippen LogP) is 2.22. The normalized spacial score (nSPS) is 11.7. The fourth-order valence-corrected chi connectivity index (χ4v) is 2.12. The highest BCUT2D eigenvalue weighted by Gasteiger charge is 2.13. The van der Waals surface area contributed by atoms with Crippen molar-refractivity contribution in [1.82, 2.24) is 9.88 Å². The lowest BCUT2D eigenvalue weighted by Crippen LogP contribution is -2.38. The minimum Gasteiger partial charge on any atom is -0.349 e. The molecule has 0 amide bonds. The van der Waals surface area contributed by atoms with Crippen molar-refractivity contribution >= 4 is 22.5 Å². The summed E-state index contributed by atoms with van der Waals surface area (Å²) < 4.78 is 0. The Bertz CT molecular complexity index is 570. The third-order valence-electron chi connectivity index (χ3n) is 2.87. The number of hydrogen-bond donors (Lipinski definition) is 0. The van der Waals surface area contributed by atoms with Crippen LogP contribution in [-0.4, -0.2) is 44.0 Å². The van der Waals surface area contributed by atoms with Crippen molar-refractivity contribution in [3.05, 3.63) is 36.5 Å². The largest absolute Gasteiger partial charge is 0.349 e. The Morgan fingerprint density at radius 3 is 2.50 bits per heavy atom. The van der Waals surface area contributed by atoms with Crippen LogP contribution in [0.4, 0.5) is 5.69 Å². The lowest BCUT2D eigenvalue weighted by molar-refractivity contribution is 0.607. The molecule has 18 heavy (non-hydrogen) atoms. The van der Waals surface area contributed by atoms with Gasteiger partial charge in [-0.15, -0.1) is 0 Å². The van der Waals surface area contributed by atoms with E-state index >= 15 is 0 Å². The van der Waals surface area contributed by atoms with E-state index in [9.17, 15) is 0 Å². The number of rotatable bonds is 1. The van der Waals surface area contributed by atoms with Gasteiger partial charge >= 0.3 is 0 Å². The van der Waals surface area contributed by atoms with Gasteiger partial charge in [-0.2, -0.15) is 0 Å². The highest BCUT2D eigenvalue weighted by Crippen LogP contribution is 2.24. The van der Waals surface area contributed by atoms with Crippen LogP contribution in [0.15, 0.2) is 41.5 Å². The fourth-order valence-electron chi connectivity index (χ4n) is 2.12. The lowest BCUT2D eigenvalue weighted by atomic mass is 10.2. The molecule has 1 aromatic heterocycles. The molecule has 0 atom stereocenters. The summed E-state index contributed by atoms with van der Waals surface area (Å²) in [6.45, 7) is 0. The number of anilines is 1. The van der Waals surface area contributed by atoms with E-state index in [1.54, 1.807) is 7.05 Å². The molecule has 0 unspecified atom stereocenters. The van der Waals surface area contributed by atoms with Crippen LogP contribution in [0, 0.1) is 0 Å². The summed E-state index contributed by atoms with van der Waals surface area (Å²) in [6, 6.07) is 10.2. The van der Waals surface area contributed by atoms with Crippen molar-refractivity contribution in [2.45, 2.75) is 0 Å². The van der Waals surface area contributed by atoms with Crippen molar-refractivity contribution in [3.63, 3.8) is 0 Å². The Labute approximate surface area is 108 Å². The Hall–Kier alpha value is -2.10. The maximum atomic E-state index is 4.46. The molecule has 94 valence electrons. The molecule has 0 saturated carbocycles. The van der Waals surface area contributed by atoms with E-state index in [1.165, 1.54) is 0 Å². The molecule has 1 aromatic carbocycles. The minimum atomic E-state index is 0.896. The maximum absolute atomic E-state index is 4.46. The zero-order valence-electron chi connectivity index (χ0n) is 11.3. The van der Waals surface area contributed by atoms with E-state index in [-0.39, 0.29) is 0 Å². The zero-order valence-corrected chi connectivity index (χ0v) is 11.3. The summed E-state index contributed by atoms with van der Waals surface area (Å²) in [5.41, 5.74) is 2.05. The highest BCUT2D eigenvalue weighted by molar-refractivity contribution is 6.02. The molecule has 0 N–H and O–H groups in total. The van der Waals surface area contributed by atoms with Gasteiger partial charge in [-0.1, -0.05) is 18.2 Å². The van der Waals surface area contributed by atoms with Crippen LogP contribution in [0.25, 0.3) is 10.9 Å². The van der Waals surface area contributed by atoms with Crippen molar-refractivity contribution < 1.29 is 0 Å². The second-order valence-corrected chi connectivity index (χ2v) is 4.33. The molecule has 0 aliphatic carbocycles. The van der Waals surface area contributed by atoms with E-state index in [4.69, 9.17) is 0 Å². The number of pyridine rings is 1. The maximum Gasteiger partial charge on any atom is 0.200 e. The molecule has 0 aliphatic rings. The minimum absolute atomic E-state index is 0.896. The van der Waals surface area contributed by atoms with E-state index in [0.29, 0.717) is 0 Å². The molecule has 2 rings (SSSR count). The van der Waals surface area contributed by atoms with E-state index < -0.39 is 0 Å². The monoisotopic (exact) mass is 242 g/mol. The first-order valence-electron chi connectivity index (χ1n) is 5.86. The smallest absolute Gasteiger partial charge is 0.200 e. The molecule has 0 radical (unpaired) electrons. The van der Waals surface area contributed by atoms with Gasteiger partial charge in [0.15, 0.2) is 5.96 Å². The van der Waals surface area contributed by atoms with E-state index in [2.05, 4.69) is 33.1 Å². The third kappa shape index (κ3) is 2.14. The summed E-state index contributed by atoms with van der Waals surface area (Å²) in [4.78, 5) is 12.8. The van der Waals surface area contributed by atoms with Crippen LogP contribution in [0.3, 0.4) is 0 Å². The summed E-state index contributed by atoms with van der Waals surface area (Å²) in [5, 5.41) is 1.14. The van der Waals surface area contributed by atoms with Crippen molar-refractivity contribution in [1.29, 1.82) is 0 Å². The number of nitrogens with zero attached hydrogens (tertiary/aromatic N) is 4.